The number of aryl methyl sites for hydroxylation is 3. The molecule has 1 N–H and O–H groups in total. The molecule has 5 rings (SSSR count). The van der Waals surface area contributed by atoms with E-state index in [1.54, 1.807) is 22.9 Å². The number of nitrogens with one attached hydrogen (secondary N) is 1. The first-order valence-corrected chi connectivity index (χ1v) is 14.6. The Bertz CT molecular complexity index is 1730. The van der Waals surface area contributed by atoms with E-state index >= 15 is 0 Å². The van der Waals surface area contributed by atoms with Crippen LogP contribution in [-0.4, -0.2) is 69.3 Å². The summed E-state index contributed by atoms with van der Waals surface area (Å²) < 4.78 is 84.2. The smallest absolute Gasteiger partial charge is 0.368 e. The minimum Gasteiger partial charge on any atom is -0.368 e. The average molecular weight is 646 g/mol. The second-order valence-electron chi connectivity index (χ2n) is 11.4. The van der Waals surface area contributed by atoms with E-state index in [4.69, 9.17) is 0 Å². The number of piperazine rings is 1. The van der Waals surface area contributed by atoms with E-state index in [2.05, 4.69) is 20.4 Å². The van der Waals surface area contributed by atoms with Gasteiger partial charge in [-0.2, -0.15) is 36.1 Å². The predicted molar refractivity (Wildman–Crippen MR) is 162 cm³/mol. The second-order valence-corrected chi connectivity index (χ2v) is 11.4. The maximum absolute atomic E-state index is 13.9. The number of rotatable bonds is 8. The van der Waals surface area contributed by atoms with E-state index in [1.807, 2.05) is 32.9 Å². The third-order valence-electron chi connectivity index (χ3n) is 8.01. The number of anilines is 3. The van der Waals surface area contributed by atoms with Crippen LogP contribution in [0.2, 0.25) is 0 Å². The average Bonchev–Trinajstić information content (AvgIpc) is 3.37. The number of likely N-dealkylation sites (N-methyl/N-ethyl adjacent to an activating group) is 1. The summed E-state index contributed by atoms with van der Waals surface area (Å²) in [7, 11) is 1.33. The van der Waals surface area contributed by atoms with Crippen LogP contribution in [0.1, 0.15) is 45.4 Å². The largest absolute Gasteiger partial charge is 0.416 e. The third kappa shape index (κ3) is 7.33. The molecule has 0 aliphatic carbocycles. The Kier molecular flexibility index (Phi) is 9.12. The van der Waals surface area contributed by atoms with Crippen LogP contribution in [-0.2, 0) is 19.0 Å². The standard InChI is InChI=1S/C32H33F6N7O/c1-5-24-16-29(40-18-39-24)45-30(10-20(3)42-45)41-26-11-21(7-6-19(26)2)12-27(46)22-13-23(31(33,34)35)15-25(14-22)44-9-8-43(4)28(17-44)32(36,37)38/h6-7,10-11,13-16,18,28,41H,5,8-9,12,17H2,1-4H3. The summed E-state index contributed by atoms with van der Waals surface area (Å²) in [5.41, 5.74) is 2.19. The summed E-state index contributed by atoms with van der Waals surface area (Å²) in [5.74, 6) is 0.572. The summed E-state index contributed by atoms with van der Waals surface area (Å²) in [4.78, 5) is 24.4. The monoisotopic (exact) mass is 645 g/mol. The van der Waals surface area contributed by atoms with Crippen molar-refractivity contribution < 1.29 is 31.1 Å². The van der Waals surface area contributed by atoms with Gasteiger partial charge in [0.15, 0.2) is 11.6 Å². The number of hydrogen-bond donors (Lipinski definition) is 1. The third-order valence-corrected chi connectivity index (χ3v) is 8.01. The molecule has 3 heterocycles. The predicted octanol–water partition coefficient (Wildman–Crippen LogP) is 6.71. The van der Waals surface area contributed by atoms with Crippen LogP contribution >= 0.6 is 0 Å². The minimum atomic E-state index is -4.80. The van der Waals surface area contributed by atoms with Gasteiger partial charge in [0.1, 0.15) is 18.2 Å². The Labute approximate surface area is 262 Å². The van der Waals surface area contributed by atoms with Crippen LogP contribution in [0.4, 0.5) is 43.5 Å². The molecule has 2 aromatic carbocycles. The molecule has 14 heteroatoms. The summed E-state index contributed by atoms with van der Waals surface area (Å²) in [5, 5.41) is 7.87. The van der Waals surface area contributed by atoms with Crippen molar-refractivity contribution in [3.05, 3.63) is 88.5 Å². The van der Waals surface area contributed by atoms with Gasteiger partial charge in [0, 0.05) is 60.8 Å². The number of Topliss-reactive ketones (excluding diaryl/α,β-unsaturated/α-hetero) is 1. The van der Waals surface area contributed by atoms with Crippen LogP contribution in [0.25, 0.3) is 5.82 Å². The van der Waals surface area contributed by atoms with Gasteiger partial charge in [-0.25, -0.2) is 9.97 Å². The first kappa shape index (κ1) is 32.9. The molecule has 1 aliphatic rings. The van der Waals surface area contributed by atoms with Crippen LogP contribution in [0, 0.1) is 13.8 Å². The quantitative estimate of drug-likeness (QED) is 0.169. The fourth-order valence-corrected chi connectivity index (χ4v) is 5.38. The Morgan fingerprint density at radius 2 is 1.74 bits per heavy atom. The number of aromatic nitrogens is 4. The number of benzene rings is 2. The van der Waals surface area contributed by atoms with Crippen molar-refractivity contribution in [3.63, 3.8) is 0 Å². The zero-order chi connectivity index (χ0) is 33.4. The molecular weight excluding hydrogens is 612 g/mol. The highest BCUT2D eigenvalue weighted by atomic mass is 19.4. The van der Waals surface area contributed by atoms with Gasteiger partial charge in [0.2, 0.25) is 0 Å². The fourth-order valence-electron chi connectivity index (χ4n) is 5.38. The second kappa shape index (κ2) is 12.7. The summed E-state index contributed by atoms with van der Waals surface area (Å²) in [6.07, 6.45) is -7.42. The summed E-state index contributed by atoms with van der Waals surface area (Å²) >= 11 is 0. The van der Waals surface area contributed by atoms with E-state index < -0.39 is 36.3 Å². The van der Waals surface area contributed by atoms with Gasteiger partial charge in [-0.05, 0) is 62.7 Å². The molecule has 8 nitrogen and oxygen atoms in total. The maximum atomic E-state index is 13.9. The van der Waals surface area contributed by atoms with E-state index in [0.29, 0.717) is 29.3 Å². The molecule has 0 bridgehead atoms. The van der Waals surface area contributed by atoms with Crippen molar-refractivity contribution in [2.24, 2.45) is 0 Å². The van der Waals surface area contributed by atoms with Gasteiger partial charge in [-0.3, -0.25) is 9.69 Å². The van der Waals surface area contributed by atoms with Gasteiger partial charge in [-0.1, -0.05) is 19.1 Å². The van der Waals surface area contributed by atoms with Crippen molar-refractivity contribution in [1.82, 2.24) is 24.6 Å². The molecule has 0 spiro atoms. The van der Waals surface area contributed by atoms with Gasteiger partial charge in [-0.15, -0.1) is 0 Å². The molecule has 1 unspecified atom stereocenters. The van der Waals surface area contributed by atoms with Crippen LogP contribution in [0.5, 0.6) is 0 Å². The summed E-state index contributed by atoms with van der Waals surface area (Å²) in [6, 6.07) is 9.85. The molecule has 2 aromatic heterocycles. The number of hydrogen-bond acceptors (Lipinski definition) is 7. The first-order valence-electron chi connectivity index (χ1n) is 14.6. The highest BCUT2D eigenvalue weighted by molar-refractivity contribution is 5.98. The first-order chi connectivity index (χ1) is 21.6. The number of carbonyl (C=O) groups is 1. The van der Waals surface area contributed by atoms with Crippen molar-refractivity contribution in [2.45, 2.75) is 52.0 Å². The van der Waals surface area contributed by atoms with Gasteiger partial charge in [0.05, 0.1) is 11.3 Å². The van der Waals surface area contributed by atoms with E-state index in [-0.39, 0.29) is 30.8 Å². The van der Waals surface area contributed by atoms with Gasteiger partial charge >= 0.3 is 12.4 Å². The number of carbonyl (C=O) groups excluding carboxylic acids is 1. The molecule has 1 fully saturated rings. The lowest BCUT2D eigenvalue weighted by molar-refractivity contribution is -0.180. The Balaban J connectivity index is 1.42. The lowest BCUT2D eigenvalue weighted by Crippen LogP contribution is -2.57. The fraction of sp³-hybridized carbons (Fsp3) is 0.375. The Morgan fingerprint density at radius 1 is 0.978 bits per heavy atom. The minimum absolute atomic E-state index is 0.00172. The SMILES string of the molecule is CCc1cc(-n2nc(C)cc2Nc2cc(CC(=O)c3cc(N4CCN(C)C(C(F)(F)F)C4)cc(C(F)(F)F)c3)ccc2C)ncn1. The Hall–Kier alpha value is -4.46. The lowest BCUT2D eigenvalue weighted by Gasteiger charge is -2.41. The topological polar surface area (TPSA) is 79.2 Å². The van der Waals surface area contributed by atoms with Crippen LogP contribution < -0.4 is 10.2 Å². The molecule has 244 valence electrons. The van der Waals surface area contributed by atoms with Crippen LogP contribution in [0.3, 0.4) is 0 Å². The Morgan fingerprint density at radius 3 is 2.43 bits per heavy atom. The molecule has 0 radical (unpaired) electrons. The van der Waals surface area contributed by atoms with Crippen molar-refractivity contribution in [3.8, 4) is 5.82 Å². The number of alkyl halides is 6. The van der Waals surface area contributed by atoms with Gasteiger partial charge < -0.3 is 10.2 Å². The lowest BCUT2D eigenvalue weighted by atomic mass is 9.98. The molecule has 0 amide bonds. The highest BCUT2D eigenvalue weighted by Gasteiger charge is 2.45. The van der Waals surface area contributed by atoms with E-state index in [0.717, 1.165) is 34.0 Å². The molecular formula is C32H33F6N7O. The maximum Gasteiger partial charge on any atom is 0.416 e. The number of halogens is 6. The highest BCUT2D eigenvalue weighted by Crippen LogP contribution is 2.36. The molecule has 1 aliphatic heterocycles. The summed E-state index contributed by atoms with van der Waals surface area (Å²) in [6.45, 7) is 5.21. The van der Waals surface area contributed by atoms with E-state index in [1.165, 1.54) is 24.3 Å². The normalized spacial score (nSPS) is 16.1. The number of ketones is 1. The molecule has 0 saturated carbocycles. The van der Waals surface area contributed by atoms with E-state index in [9.17, 15) is 31.1 Å². The molecule has 4 aromatic rings. The van der Waals surface area contributed by atoms with Crippen molar-refractivity contribution >= 4 is 23.0 Å². The molecule has 1 atom stereocenters. The van der Waals surface area contributed by atoms with Gasteiger partial charge in [0.25, 0.3) is 0 Å². The zero-order valence-electron chi connectivity index (χ0n) is 25.7. The van der Waals surface area contributed by atoms with Crippen LogP contribution in [0.15, 0.2) is 54.9 Å². The number of nitrogens with zero attached hydrogens (tertiary/aromatic N) is 6. The molecule has 46 heavy (non-hydrogen) atoms. The van der Waals surface area contributed by atoms with Crippen molar-refractivity contribution in [1.29, 1.82) is 0 Å². The van der Waals surface area contributed by atoms with Crippen molar-refractivity contribution in [2.75, 3.05) is 36.9 Å². The zero-order valence-corrected chi connectivity index (χ0v) is 25.7. The molecule has 1 saturated heterocycles.